The molecule has 1 heterocycles. The van der Waals surface area contributed by atoms with Crippen molar-refractivity contribution in [3.8, 4) is 0 Å². The van der Waals surface area contributed by atoms with E-state index in [4.69, 9.17) is 28.3 Å². The quantitative estimate of drug-likeness (QED) is 0.888. The zero-order valence-electron chi connectivity index (χ0n) is 8.49. The molecule has 0 bridgehead atoms. The van der Waals surface area contributed by atoms with E-state index in [1.165, 1.54) is 0 Å². The molecule has 0 aromatic heterocycles. The summed E-state index contributed by atoms with van der Waals surface area (Å²) in [4.78, 5) is 12.8. The molecule has 0 radical (unpaired) electrons. The van der Waals surface area contributed by atoms with E-state index in [0.717, 1.165) is 5.69 Å². The van der Waals surface area contributed by atoms with E-state index < -0.39 is 5.97 Å². The Morgan fingerprint density at radius 2 is 2.19 bits per heavy atom. The smallest absolute Gasteiger partial charge is 0.308 e. The number of carbonyl (C=O) groups is 1. The molecule has 1 fully saturated rings. The standard InChI is InChI=1S/C11H11Cl2NO2/c12-8-2-1-3-9(10(8)13)14-5-4-7(6-14)11(15)16/h1-3,7H,4-6H2,(H,15,16). The molecule has 1 aliphatic rings. The van der Waals surface area contributed by atoms with E-state index in [1.54, 1.807) is 6.07 Å². The third kappa shape index (κ3) is 2.11. The van der Waals surface area contributed by atoms with Crippen molar-refractivity contribution in [1.29, 1.82) is 0 Å². The fourth-order valence-electron chi connectivity index (χ4n) is 1.92. The van der Waals surface area contributed by atoms with Gasteiger partial charge in [-0.25, -0.2) is 0 Å². The second kappa shape index (κ2) is 4.52. The van der Waals surface area contributed by atoms with Gasteiger partial charge in [0.15, 0.2) is 0 Å². The fourth-order valence-corrected chi connectivity index (χ4v) is 2.33. The van der Waals surface area contributed by atoms with Crippen molar-refractivity contribution in [1.82, 2.24) is 0 Å². The van der Waals surface area contributed by atoms with Crippen molar-refractivity contribution >= 4 is 34.9 Å². The van der Waals surface area contributed by atoms with Crippen LogP contribution in [0.5, 0.6) is 0 Å². The van der Waals surface area contributed by atoms with Crippen LogP contribution in [-0.4, -0.2) is 24.2 Å². The fraction of sp³-hybridized carbons (Fsp3) is 0.364. The summed E-state index contributed by atoms with van der Waals surface area (Å²) in [5.74, 6) is -1.06. The lowest BCUT2D eigenvalue weighted by Gasteiger charge is -2.19. The third-order valence-corrected chi connectivity index (χ3v) is 3.62. The van der Waals surface area contributed by atoms with E-state index in [2.05, 4.69) is 0 Å². The van der Waals surface area contributed by atoms with Gasteiger partial charge in [-0.15, -0.1) is 0 Å². The summed E-state index contributed by atoms with van der Waals surface area (Å²) in [5.41, 5.74) is 0.818. The van der Waals surface area contributed by atoms with Crippen LogP contribution in [-0.2, 0) is 4.79 Å². The minimum absolute atomic E-state index is 0.310. The van der Waals surface area contributed by atoms with Gasteiger partial charge in [-0.3, -0.25) is 4.79 Å². The van der Waals surface area contributed by atoms with Crippen LogP contribution < -0.4 is 4.90 Å². The average molecular weight is 260 g/mol. The maximum atomic E-state index is 10.8. The number of carboxylic acids is 1. The summed E-state index contributed by atoms with van der Waals surface area (Å²) >= 11 is 12.0. The third-order valence-electron chi connectivity index (χ3n) is 2.81. The first-order chi connectivity index (χ1) is 7.59. The molecule has 86 valence electrons. The van der Waals surface area contributed by atoms with Crippen molar-refractivity contribution in [2.45, 2.75) is 6.42 Å². The predicted octanol–water partition coefficient (Wildman–Crippen LogP) is 2.90. The van der Waals surface area contributed by atoms with Crippen LogP contribution in [0.15, 0.2) is 18.2 Å². The van der Waals surface area contributed by atoms with E-state index in [1.807, 2.05) is 17.0 Å². The van der Waals surface area contributed by atoms with Gasteiger partial charge >= 0.3 is 5.97 Å². The molecule has 0 aliphatic carbocycles. The maximum absolute atomic E-state index is 10.8. The molecule has 1 unspecified atom stereocenters. The van der Waals surface area contributed by atoms with Crippen molar-refractivity contribution in [2.24, 2.45) is 5.92 Å². The Labute approximate surface area is 104 Å². The summed E-state index contributed by atoms with van der Waals surface area (Å²) < 4.78 is 0. The van der Waals surface area contributed by atoms with Gasteiger partial charge in [-0.1, -0.05) is 29.3 Å². The van der Waals surface area contributed by atoms with Gasteiger partial charge < -0.3 is 10.0 Å². The van der Waals surface area contributed by atoms with Crippen molar-refractivity contribution in [3.63, 3.8) is 0 Å². The maximum Gasteiger partial charge on any atom is 0.308 e. The molecule has 1 aromatic rings. The molecule has 5 heteroatoms. The molecule has 0 amide bonds. The molecule has 1 aromatic carbocycles. The van der Waals surface area contributed by atoms with Crippen molar-refractivity contribution < 1.29 is 9.90 Å². The van der Waals surface area contributed by atoms with Gasteiger partial charge in [0.25, 0.3) is 0 Å². The number of nitrogens with zero attached hydrogens (tertiary/aromatic N) is 1. The van der Waals surface area contributed by atoms with Crippen LogP contribution >= 0.6 is 23.2 Å². The van der Waals surface area contributed by atoms with Gasteiger partial charge in [0.2, 0.25) is 0 Å². The first kappa shape index (κ1) is 11.6. The van der Waals surface area contributed by atoms with Gasteiger partial charge in [-0.2, -0.15) is 0 Å². The first-order valence-electron chi connectivity index (χ1n) is 5.01. The minimum atomic E-state index is -0.749. The van der Waals surface area contributed by atoms with E-state index in [9.17, 15) is 4.79 Å². The molecule has 3 nitrogen and oxygen atoms in total. The van der Waals surface area contributed by atoms with Crippen LogP contribution in [0.1, 0.15) is 6.42 Å². The molecule has 1 aliphatic heterocycles. The topological polar surface area (TPSA) is 40.5 Å². The molecule has 0 saturated carbocycles. The Morgan fingerprint density at radius 1 is 1.44 bits per heavy atom. The summed E-state index contributed by atoms with van der Waals surface area (Å²) in [7, 11) is 0. The SMILES string of the molecule is O=C(O)C1CCN(c2cccc(Cl)c2Cl)C1. The highest BCUT2D eigenvalue weighted by atomic mass is 35.5. The molecule has 0 spiro atoms. The number of hydrogen-bond acceptors (Lipinski definition) is 2. The Morgan fingerprint density at radius 3 is 2.81 bits per heavy atom. The van der Waals surface area contributed by atoms with Crippen LogP contribution in [0, 0.1) is 5.92 Å². The molecule has 16 heavy (non-hydrogen) atoms. The molecule has 1 saturated heterocycles. The van der Waals surface area contributed by atoms with Crippen LogP contribution in [0.2, 0.25) is 10.0 Å². The molecular weight excluding hydrogens is 249 g/mol. The van der Waals surface area contributed by atoms with Crippen LogP contribution in [0.3, 0.4) is 0 Å². The summed E-state index contributed by atoms with van der Waals surface area (Å²) in [6.45, 7) is 1.20. The van der Waals surface area contributed by atoms with Gasteiger partial charge in [0.1, 0.15) is 0 Å². The largest absolute Gasteiger partial charge is 0.481 e. The summed E-state index contributed by atoms with van der Waals surface area (Å²) in [6.07, 6.45) is 0.651. The number of halogens is 2. The van der Waals surface area contributed by atoms with Crippen molar-refractivity contribution in [2.75, 3.05) is 18.0 Å². The molecule has 1 atom stereocenters. The van der Waals surface area contributed by atoms with Gasteiger partial charge in [0, 0.05) is 13.1 Å². The summed E-state index contributed by atoms with van der Waals surface area (Å²) in [6, 6.07) is 5.40. The second-order valence-electron chi connectivity index (χ2n) is 3.84. The highest BCUT2D eigenvalue weighted by Gasteiger charge is 2.29. The minimum Gasteiger partial charge on any atom is -0.481 e. The van der Waals surface area contributed by atoms with E-state index in [-0.39, 0.29) is 5.92 Å². The second-order valence-corrected chi connectivity index (χ2v) is 4.63. The van der Waals surface area contributed by atoms with E-state index >= 15 is 0 Å². The Hall–Kier alpha value is -0.930. The Bertz CT molecular complexity index is 422. The lowest BCUT2D eigenvalue weighted by molar-refractivity contribution is -0.140. The van der Waals surface area contributed by atoms with Gasteiger partial charge in [-0.05, 0) is 18.6 Å². The Balaban J connectivity index is 2.21. The zero-order valence-corrected chi connectivity index (χ0v) is 10.0. The normalized spacial score (nSPS) is 20.1. The highest BCUT2D eigenvalue weighted by Crippen LogP contribution is 2.35. The molecule has 2 rings (SSSR count). The van der Waals surface area contributed by atoms with Crippen LogP contribution in [0.4, 0.5) is 5.69 Å². The number of rotatable bonds is 2. The molecular formula is C11H11Cl2NO2. The number of hydrogen-bond donors (Lipinski definition) is 1. The van der Waals surface area contributed by atoms with Crippen LogP contribution in [0.25, 0.3) is 0 Å². The van der Waals surface area contributed by atoms with E-state index in [0.29, 0.717) is 29.6 Å². The number of anilines is 1. The average Bonchev–Trinajstić information content (AvgIpc) is 2.71. The monoisotopic (exact) mass is 259 g/mol. The first-order valence-corrected chi connectivity index (χ1v) is 5.77. The zero-order chi connectivity index (χ0) is 11.7. The molecule has 1 N–H and O–H groups in total. The van der Waals surface area contributed by atoms with Gasteiger partial charge in [0.05, 0.1) is 21.7 Å². The lowest BCUT2D eigenvalue weighted by Crippen LogP contribution is -2.22. The lowest BCUT2D eigenvalue weighted by atomic mass is 10.1. The number of carboxylic acid groups (broad SMARTS) is 1. The van der Waals surface area contributed by atoms with Crippen molar-refractivity contribution in [3.05, 3.63) is 28.2 Å². The Kier molecular flexibility index (Phi) is 3.26. The number of aliphatic carboxylic acids is 1. The highest BCUT2D eigenvalue weighted by molar-refractivity contribution is 6.43. The summed E-state index contributed by atoms with van der Waals surface area (Å²) in [5, 5.41) is 9.91. The number of benzene rings is 1. The predicted molar refractivity (Wildman–Crippen MR) is 64.4 cm³/mol.